The normalized spacial score (nSPS) is 23.1. The van der Waals surface area contributed by atoms with E-state index in [0.29, 0.717) is 5.92 Å². The standard InChI is InChI=1S/C13H18BrNO2/c1-7-4-5-9(15)12-11(7)10(16-2)6-8(14)13(12)17-3/h6-7,9H,4-5,15H2,1-3H3. The molecule has 0 fully saturated rings. The van der Waals surface area contributed by atoms with E-state index in [0.717, 1.165) is 34.4 Å². The van der Waals surface area contributed by atoms with Crippen molar-refractivity contribution in [2.75, 3.05) is 14.2 Å². The summed E-state index contributed by atoms with van der Waals surface area (Å²) in [7, 11) is 3.38. The van der Waals surface area contributed by atoms with Crippen molar-refractivity contribution in [1.29, 1.82) is 0 Å². The highest BCUT2D eigenvalue weighted by atomic mass is 79.9. The Hall–Kier alpha value is -0.740. The van der Waals surface area contributed by atoms with Crippen molar-refractivity contribution in [3.8, 4) is 11.5 Å². The van der Waals surface area contributed by atoms with Gasteiger partial charge in [0.1, 0.15) is 11.5 Å². The fraction of sp³-hybridized carbons (Fsp3) is 0.538. The Morgan fingerprint density at radius 3 is 2.53 bits per heavy atom. The van der Waals surface area contributed by atoms with Gasteiger partial charge >= 0.3 is 0 Å². The van der Waals surface area contributed by atoms with Gasteiger partial charge in [-0.15, -0.1) is 0 Å². The van der Waals surface area contributed by atoms with Crippen molar-refractivity contribution in [3.05, 3.63) is 21.7 Å². The van der Waals surface area contributed by atoms with Crippen LogP contribution in [0.15, 0.2) is 10.5 Å². The number of hydrogen-bond acceptors (Lipinski definition) is 3. The van der Waals surface area contributed by atoms with E-state index in [1.54, 1.807) is 14.2 Å². The summed E-state index contributed by atoms with van der Waals surface area (Å²) in [5.74, 6) is 2.21. The molecule has 0 saturated heterocycles. The Kier molecular flexibility index (Phi) is 3.64. The van der Waals surface area contributed by atoms with E-state index in [-0.39, 0.29) is 6.04 Å². The van der Waals surface area contributed by atoms with Gasteiger partial charge in [0.15, 0.2) is 0 Å². The van der Waals surface area contributed by atoms with Gasteiger partial charge in [0.05, 0.1) is 18.7 Å². The molecule has 2 rings (SSSR count). The fourth-order valence-electron chi connectivity index (χ4n) is 2.61. The van der Waals surface area contributed by atoms with Crippen molar-refractivity contribution in [2.24, 2.45) is 5.73 Å². The number of halogens is 1. The van der Waals surface area contributed by atoms with Crippen LogP contribution in [0.1, 0.15) is 42.9 Å². The first-order chi connectivity index (χ1) is 8.10. The van der Waals surface area contributed by atoms with E-state index in [4.69, 9.17) is 15.2 Å². The Morgan fingerprint density at radius 1 is 1.24 bits per heavy atom. The molecular weight excluding hydrogens is 282 g/mol. The Bertz CT molecular complexity index is 434. The molecule has 0 aromatic heterocycles. The van der Waals surface area contributed by atoms with Gasteiger partial charge in [0, 0.05) is 17.2 Å². The molecule has 0 saturated carbocycles. The first kappa shape index (κ1) is 12.7. The maximum atomic E-state index is 6.22. The molecule has 1 aliphatic rings. The summed E-state index contributed by atoms with van der Waals surface area (Å²) < 4.78 is 11.9. The molecule has 2 unspecified atom stereocenters. The molecule has 0 radical (unpaired) electrons. The molecule has 0 spiro atoms. The Balaban J connectivity index is 2.71. The molecule has 2 N–H and O–H groups in total. The van der Waals surface area contributed by atoms with Gasteiger partial charge in [-0.3, -0.25) is 0 Å². The number of ether oxygens (including phenoxy) is 2. The molecule has 0 amide bonds. The first-order valence-electron chi connectivity index (χ1n) is 5.80. The summed E-state index contributed by atoms with van der Waals surface area (Å²) in [5, 5.41) is 0. The molecule has 0 bridgehead atoms. The molecule has 3 nitrogen and oxygen atoms in total. The van der Waals surface area contributed by atoms with E-state index in [2.05, 4.69) is 22.9 Å². The second-order valence-electron chi connectivity index (χ2n) is 4.51. The second-order valence-corrected chi connectivity index (χ2v) is 5.36. The molecule has 94 valence electrons. The predicted octanol–water partition coefficient (Wildman–Crippen LogP) is 3.36. The maximum Gasteiger partial charge on any atom is 0.138 e. The smallest absolute Gasteiger partial charge is 0.138 e. The van der Waals surface area contributed by atoms with Crippen molar-refractivity contribution in [1.82, 2.24) is 0 Å². The number of fused-ring (bicyclic) bond motifs is 1. The lowest BCUT2D eigenvalue weighted by molar-refractivity contribution is 0.371. The van der Waals surface area contributed by atoms with Crippen LogP contribution in [0, 0.1) is 0 Å². The molecular formula is C13H18BrNO2. The predicted molar refractivity (Wildman–Crippen MR) is 71.8 cm³/mol. The van der Waals surface area contributed by atoms with Crippen LogP contribution in [0.25, 0.3) is 0 Å². The van der Waals surface area contributed by atoms with E-state index in [9.17, 15) is 0 Å². The van der Waals surface area contributed by atoms with E-state index in [1.807, 2.05) is 6.07 Å². The van der Waals surface area contributed by atoms with Gasteiger partial charge in [-0.1, -0.05) is 6.92 Å². The van der Waals surface area contributed by atoms with Crippen LogP contribution in [-0.4, -0.2) is 14.2 Å². The van der Waals surface area contributed by atoms with Crippen LogP contribution >= 0.6 is 15.9 Å². The highest BCUT2D eigenvalue weighted by molar-refractivity contribution is 9.10. The van der Waals surface area contributed by atoms with Gasteiger partial charge in [-0.2, -0.15) is 0 Å². The minimum atomic E-state index is 0.0301. The monoisotopic (exact) mass is 299 g/mol. The number of hydrogen-bond donors (Lipinski definition) is 1. The van der Waals surface area contributed by atoms with E-state index < -0.39 is 0 Å². The largest absolute Gasteiger partial charge is 0.496 e. The summed E-state index contributed by atoms with van der Waals surface area (Å²) in [6.07, 6.45) is 2.08. The number of benzene rings is 1. The third-order valence-corrected chi connectivity index (χ3v) is 4.06. The van der Waals surface area contributed by atoms with Gasteiger partial charge in [-0.25, -0.2) is 0 Å². The van der Waals surface area contributed by atoms with Crippen LogP contribution in [0.4, 0.5) is 0 Å². The van der Waals surface area contributed by atoms with Crippen molar-refractivity contribution in [3.63, 3.8) is 0 Å². The van der Waals surface area contributed by atoms with Crippen LogP contribution in [0.2, 0.25) is 0 Å². The Labute approximate surface area is 110 Å². The third-order valence-electron chi connectivity index (χ3n) is 3.47. The van der Waals surface area contributed by atoms with E-state index >= 15 is 0 Å². The summed E-state index contributed by atoms with van der Waals surface area (Å²) in [4.78, 5) is 0. The lowest BCUT2D eigenvalue weighted by Gasteiger charge is -2.31. The average molecular weight is 300 g/mol. The second kappa shape index (κ2) is 4.86. The minimum Gasteiger partial charge on any atom is -0.496 e. The van der Waals surface area contributed by atoms with Gasteiger partial charge < -0.3 is 15.2 Å². The molecule has 0 heterocycles. The summed E-state index contributed by atoms with van der Waals surface area (Å²) in [6, 6.07) is 1.99. The summed E-state index contributed by atoms with van der Waals surface area (Å²) in [6.45, 7) is 2.21. The minimum absolute atomic E-state index is 0.0301. The van der Waals surface area contributed by atoms with Crippen LogP contribution in [0.5, 0.6) is 11.5 Å². The first-order valence-corrected chi connectivity index (χ1v) is 6.59. The van der Waals surface area contributed by atoms with Gasteiger partial charge in [-0.05, 0) is 40.8 Å². The summed E-state index contributed by atoms with van der Waals surface area (Å²) in [5.41, 5.74) is 8.52. The molecule has 2 atom stereocenters. The third kappa shape index (κ3) is 2.04. The zero-order valence-electron chi connectivity index (χ0n) is 10.4. The van der Waals surface area contributed by atoms with Crippen LogP contribution in [-0.2, 0) is 0 Å². The number of nitrogens with two attached hydrogens (primary N) is 1. The van der Waals surface area contributed by atoms with Crippen LogP contribution in [0.3, 0.4) is 0 Å². The SMILES string of the molecule is COc1cc(Br)c(OC)c2c1C(C)CCC2N. The fourth-order valence-corrected chi connectivity index (χ4v) is 3.20. The zero-order valence-corrected chi connectivity index (χ0v) is 12.0. The average Bonchev–Trinajstić information content (AvgIpc) is 2.32. The molecule has 1 aliphatic carbocycles. The summed E-state index contributed by atoms with van der Waals surface area (Å²) >= 11 is 3.51. The van der Waals surface area contributed by atoms with Gasteiger partial charge in [0.2, 0.25) is 0 Å². The molecule has 0 aliphatic heterocycles. The van der Waals surface area contributed by atoms with E-state index in [1.165, 1.54) is 5.56 Å². The lowest BCUT2D eigenvalue weighted by atomic mass is 9.80. The molecule has 17 heavy (non-hydrogen) atoms. The van der Waals surface area contributed by atoms with Gasteiger partial charge in [0.25, 0.3) is 0 Å². The number of rotatable bonds is 2. The van der Waals surface area contributed by atoms with Crippen molar-refractivity contribution in [2.45, 2.75) is 31.7 Å². The topological polar surface area (TPSA) is 44.5 Å². The maximum absolute atomic E-state index is 6.22. The highest BCUT2D eigenvalue weighted by Gasteiger charge is 2.30. The zero-order chi connectivity index (χ0) is 12.6. The molecule has 4 heteroatoms. The Morgan fingerprint density at radius 2 is 1.94 bits per heavy atom. The molecule has 1 aromatic carbocycles. The van der Waals surface area contributed by atoms with Crippen molar-refractivity contribution < 1.29 is 9.47 Å². The highest BCUT2D eigenvalue weighted by Crippen LogP contribution is 2.48. The molecule has 1 aromatic rings. The van der Waals surface area contributed by atoms with Crippen molar-refractivity contribution >= 4 is 15.9 Å². The van der Waals surface area contributed by atoms with Crippen LogP contribution < -0.4 is 15.2 Å². The lowest BCUT2D eigenvalue weighted by Crippen LogP contribution is -2.21. The quantitative estimate of drug-likeness (QED) is 0.911. The number of methoxy groups -OCH3 is 2.